The van der Waals surface area contributed by atoms with E-state index >= 15 is 0 Å². The lowest BCUT2D eigenvalue weighted by Gasteiger charge is -1.96. The normalized spacial score (nSPS) is 10.8. The summed E-state index contributed by atoms with van der Waals surface area (Å²) >= 11 is 10.6. The van der Waals surface area contributed by atoms with Crippen LogP contribution in [0.2, 0.25) is 5.15 Å². The molecule has 0 aliphatic carbocycles. The molecule has 1 N–H and O–H groups in total. The van der Waals surface area contributed by atoms with Gasteiger partial charge in [0, 0.05) is 11.8 Å². The Hall–Kier alpha value is -1.60. The van der Waals surface area contributed by atoms with Gasteiger partial charge in [0.15, 0.2) is 10.7 Å². The van der Waals surface area contributed by atoms with Crippen LogP contribution in [-0.4, -0.2) is 14.1 Å². The Morgan fingerprint density at radius 1 is 1.33 bits per heavy atom. The predicted molar refractivity (Wildman–Crippen MR) is 51.4 cm³/mol. The fraction of sp³-hybridized carbons (Fsp3) is 0. The predicted octanol–water partition coefficient (Wildman–Crippen LogP) is -0.307. The van der Waals surface area contributed by atoms with Crippen molar-refractivity contribution in [1.82, 2.24) is 14.1 Å². The molecule has 0 amide bonds. The van der Waals surface area contributed by atoms with E-state index in [1.807, 2.05) is 0 Å². The van der Waals surface area contributed by atoms with Gasteiger partial charge in [0.2, 0.25) is 0 Å². The second-order valence-electron chi connectivity index (χ2n) is 2.49. The molecule has 2 heterocycles. The van der Waals surface area contributed by atoms with Crippen LogP contribution in [0.1, 0.15) is 0 Å². The van der Waals surface area contributed by atoms with Gasteiger partial charge in [-0.3, -0.25) is 9.59 Å². The summed E-state index contributed by atoms with van der Waals surface area (Å²) in [6.45, 7) is 0. The smallest absolute Gasteiger partial charge is 0.387 e. The Morgan fingerprint density at radius 3 is 2.67 bits per heavy atom. The van der Waals surface area contributed by atoms with Crippen LogP contribution in [0.15, 0.2) is 18.8 Å². The summed E-state index contributed by atoms with van der Waals surface area (Å²) in [5, 5.41) is -0.433. The molecule has 0 saturated heterocycles. The van der Waals surface area contributed by atoms with Crippen LogP contribution in [0.3, 0.4) is 0 Å². The number of halogens is 2. The van der Waals surface area contributed by atoms with Crippen LogP contribution in [0.25, 0.3) is 11.2 Å². The summed E-state index contributed by atoms with van der Waals surface area (Å²) in [6, 6.07) is 0. The quantitative estimate of drug-likeness (QED) is 0.691. The summed E-state index contributed by atoms with van der Waals surface area (Å²) in [4.78, 5) is 38.8. The molecule has 0 unspecified atom stereocenters. The summed E-state index contributed by atoms with van der Waals surface area (Å²) in [6.07, 6.45) is 0. The highest BCUT2D eigenvalue weighted by atomic mass is 35.5. The molecule has 0 saturated carbocycles. The van der Waals surface area contributed by atoms with Gasteiger partial charge >= 0.3 is 5.76 Å². The van der Waals surface area contributed by atoms with E-state index < -0.39 is 22.0 Å². The van der Waals surface area contributed by atoms with Gasteiger partial charge in [-0.1, -0.05) is 11.6 Å². The van der Waals surface area contributed by atoms with E-state index in [9.17, 15) is 14.4 Å². The monoisotopic (exact) mass is 249 g/mol. The van der Waals surface area contributed by atoms with Crippen molar-refractivity contribution >= 4 is 34.6 Å². The van der Waals surface area contributed by atoms with E-state index in [2.05, 4.69) is 14.4 Å². The third kappa shape index (κ3) is 1.45. The molecule has 2 aromatic rings. The summed E-state index contributed by atoms with van der Waals surface area (Å²) in [5.41, 5.74) is -2.39. The SMILES string of the molecule is O=c1[nH]c2c(=O)n(Cl)c(=O)oc2nc1Cl. The van der Waals surface area contributed by atoms with Crippen molar-refractivity contribution in [1.29, 1.82) is 0 Å². The summed E-state index contributed by atoms with van der Waals surface area (Å²) in [7, 11) is 0. The molecule has 2 rings (SSSR count). The van der Waals surface area contributed by atoms with Gasteiger partial charge in [0.25, 0.3) is 16.8 Å². The molecule has 0 spiro atoms. The van der Waals surface area contributed by atoms with Crippen LogP contribution in [0, 0.1) is 0 Å². The Labute approximate surface area is 90.0 Å². The Bertz CT molecular complexity index is 713. The first-order valence-corrected chi connectivity index (χ1v) is 4.24. The highest BCUT2D eigenvalue weighted by Crippen LogP contribution is 2.02. The van der Waals surface area contributed by atoms with Crippen molar-refractivity contribution in [3.63, 3.8) is 0 Å². The number of fused-ring (bicyclic) bond motifs is 1. The first kappa shape index (κ1) is 9.94. The molecular weight excluding hydrogens is 249 g/mol. The summed E-state index contributed by atoms with van der Waals surface area (Å²) < 4.78 is 4.71. The van der Waals surface area contributed by atoms with E-state index in [1.165, 1.54) is 0 Å². The summed E-state index contributed by atoms with van der Waals surface area (Å²) in [5.74, 6) is -1.11. The average molecular weight is 250 g/mol. The van der Waals surface area contributed by atoms with E-state index in [-0.39, 0.29) is 15.3 Å². The number of nitrogens with one attached hydrogen (secondary N) is 1. The van der Waals surface area contributed by atoms with Crippen molar-refractivity contribution in [2.75, 3.05) is 0 Å². The third-order valence-electron chi connectivity index (χ3n) is 1.58. The maximum Gasteiger partial charge on any atom is 0.438 e. The zero-order chi connectivity index (χ0) is 11.2. The molecule has 0 aliphatic rings. The van der Waals surface area contributed by atoms with E-state index in [0.717, 1.165) is 0 Å². The lowest BCUT2D eigenvalue weighted by atomic mass is 10.5. The Balaban J connectivity index is 3.14. The van der Waals surface area contributed by atoms with E-state index in [0.29, 0.717) is 0 Å². The first-order chi connectivity index (χ1) is 7.00. The number of aromatic nitrogens is 3. The minimum Gasteiger partial charge on any atom is -0.387 e. The highest BCUT2D eigenvalue weighted by molar-refractivity contribution is 6.29. The largest absolute Gasteiger partial charge is 0.438 e. The highest BCUT2D eigenvalue weighted by Gasteiger charge is 2.12. The fourth-order valence-corrected chi connectivity index (χ4v) is 1.18. The van der Waals surface area contributed by atoms with Gasteiger partial charge in [-0.2, -0.15) is 4.98 Å². The average Bonchev–Trinajstić information content (AvgIpc) is 2.19. The number of H-pyrrole nitrogens is 1. The van der Waals surface area contributed by atoms with E-state index in [4.69, 9.17) is 23.4 Å². The molecule has 0 fully saturated rings. The zero-order valence-electron chi connectivity index (χ0n) is 6.78. The maximum atomic E-state index is 11.3. The van der Waals surface area contributed by atoms with Gasteiger partial charge in [-0.05, 0) is 0 Å². The van der Waals surface area contributed by atoms with Gasteiger partial charge < -0.3 is 9.40 Å². The lowest BCUT2D eigenvalue weighted by Crippen LogP contribution is -2.28. The first-order valence-electron chi connectivity index (χ1n) is 3.52. The molecule has 7 nitrogen and oxygen atoms in total. The Kier molecular flexibility index (Phi) is 2.13. The molecule has 15 heavy (non-hydrogen) atoms. The zero-order valence-corrected chi connectivity index (χ0v) is 8.30. The van der Waals surface area contributed by atoms with Crippen LogP contribution in [0.4, 0.5) is 0 Å². The molecule has 2 aromatic heterocycles. The van der Waals surface area contributed by atoms with Gasteiger partial charge in [0.05, 0.1) is 0 Å². The van der Waals surface area contributed by atoms with Gasteiger partial charge in [0.1, 0.15) is 0 Å². The maximum absolute atomic E-state index is 11.3. The van der Waals surface area contributed by atoms with Crippen LogP contribution >= 0.6 is 23.4 Å². The lowest BCUT2D eigenvalue weighted by molar-refractivity contribution is 0.505. The molecule has 0 aliphatic heterocycles. The minimum atomic E-state index is -1.11. The van der Waals surface area contributed by atoms with E-state index in [1.54, 1.807) is 0 Å². The van der Waals surface area contributed by atoms with Crippen molar-refractivity contribution in [2.24, 2.45) is 0 Å². The van der Waals surface area contributed by atoms with Crippen LogP contribution < -0.4 is 16.9 Å². The molecule has 0 radical (unpaired) electrons. The van der Waals surface area contributed by atoms with Crippen molar-refractivity contribution < 1.29 is 4.42 Å². The molecule has 0 bridgehead atoms. The van der Waals surface area contributed by atoms with Crippen molar-refractivity contribution in [3.05, 3.63) is 36.4 Å². The topological polar surface area (TPSA) is 98.0 Å². The van der Waals surface area contributed by atoms with Crippen LogP contribution in [-0.2, 0) is 0 Å². The molecule has 0 atom stereocenters. The second-order valence-corrected chi connectivity index (χ2v) is 3.19. The van der Waals surface area contributed by atoms with Crippen molar-refractivity contribution in [2.45, 2.75) is 0 Å². The fourth-order valence-electron chi connectivity index (χ4n) is 0.937. The number of nitrogens with zero attached hydrogens (tertiary/aromatic N) is 2. The standard InChI is InChI=1S/C6HCl2N3O4/c7-2-3(12)9-1-4(10-2)15-6(14)11(8)5(1)13/h(H,9,12). The number of aromatic amines is 1. The molecular formula is C6HCl2N3O4. The minimum absolute atomic E-state index is 0.188. The molecule has 0 aromatic carbocycles. The van der Waals surface area contributed by atoms with Crippen molar-refractivity contribution in [3.8, 4) is 0 Å². The third-order valence-corrected chi connectivity index (χ3v) is 2.12. The number of hydrogen-bond donors (Lipinski definition) is 1. The number of rotatable bonds is 0. The van der Waals surface area contributed by atoms with Gasteiger partial charge in [-0.15, -0.1) is 4.09 Å². The van der Waals surface area contributed by atoms with Crippen LogP contribution in [0.5, 0.6) is 0 Å². The molecule has 78 valence electrons. The Morgan fingerprint density at radius 2 is 2.00 bits per heavy atom. The number of hydrogen-bond acceptors (Lipinski definition) is 5. The molecule has 9 heteroatoms. The second kappa shape index (κ2) is 3.21. The van der Waals surface area contributed by atoms with Gasteiger partial charge in [-0.25, -0.2) is 4.79 Å².